The van der Waals surface area contributed by atoms with Crippen molar-refractivity contribution >= 4 is 206 Å². The molecule has 0 unspecified atom stereocenters. The second-order valence-corrected chi connectivity index (χ2v) is 29.5. The summed E-state index contributed by atoms with van der Waals surface area (Å²) in [6.45, 7) is 4.88. The van der Waals surface area contributed by atoms with E-state index in [1.54, 1.807) is 0 Å². The first-order chi connectivity index (χ1) is 33.8. The van der Waals surface area contributed by atoms with Crippen molar-refractivity contribution in [3.8, 4) is 33.4 Å². The first-order valence-electron chi connectivity index (χ1n) is 27.5. The van der Waals surface area contributed by atoms with Crippen molar-refractivity contribution in [2.45, 2.75) is 60.8 Å². The Morgan fingerprint density at radius 3 is 0.836 bits per heavy atom. The molecule has 0 radical (unpaired) electrons. The first kappa shape index (κ1) is 50.6. The molecule has 0 bridgehead atoms. The van der Waals surface area contributed by atoms with Crippen LogP contribution in [-0.4, -0.2) is 141 Å². The summed E-state index contributed by atoms with van der Waals surface area (Å²) >= 11 is 0. The Morgan fingerprint density at radius 2 is 0.534 bits per heavy atom. The van der Waals surface area contributed by atoms with Crippen molar-refractivity contribution in [2.24, 2.45) is 0 Å². The van der Waals surface area contributed by atoms with Crippen LogP contribution in [0.15, 0.2) is 133 Å². The summed E-state index contributed by atoms with van der Waals surface area (Å²) in [6, 6.07) is 53.4. The highest BCUT2D eigenvalue weighted by molar-refractivity contribution is 6.72. The smallest absolute Gasteiger partial charge is 0.0916 e. The minimum Gasteiger partial charge on any atom is -0.104 e. The van der Waals surface area contributed by atoms with Crippen LogP contribution in [0, 0.1) is 0 Å². The van der Waals surface area contributed by atoms with Crippen LogP contribution in [0.1, 0.15) is 36.1 Å². The maximum absolute atomic E-state index is 2.55. The van der Waals surface area contributed by atoms with E-state index < -0.39 is 0 Å². The molecule has 10 aromatic rings. The third-order valence-electron chi connectivity index (χ3n) is 19.1. The van der Waals surface area contributed by atoms with E-state index in [-0.39, 0.29) is 46.9 Å². The average molecular weight is 920 g/mol. The van der Waals surface area contributed by atoms with Gasteiger partial charge in [0, 0.05) is 5.41 Å². The van der Waals surface area contributed by atoms with E-state index in [4.69, 9.17) is 0 Å². The fourth-order valence-electron chi connectivity index (χ4n) is 19.0. The van der Waals surface area contributed by atoms with Crippen LogP contribution < -0.4 is 0 Å². The van der Waals surface area contributed by atoms with E-state index in [9.17, 15) is 0 Å². The van der Waals surface area contributed by atoms with E-state index in [1.807, 2.05) is 0 Å². The van der Waals surface area contributed by atoms with Gasteiger partial charge in [0.1, 0.15) is 0 Å². The van der Waals surface area contributed by atoms with Gasteiger partial charge >= 0.3 is 0 Å². The molecule has 0 N–H and O–H groups in total. The molecule has 0 heterocycles. The molecule has 338 valence electrons. The number of benzene rings is 10. The summed E-state index contributed by atoms with van der Waals surface area (Å²) in [5.41, 5.74) is 13.2. The quantitative estimate of drug-likeness (QED) is 0.105. The van der Waals surface area contributed by atoms with Crippen molar-refractivity contribution in [1.29, 1.82) is 0 Å². The number of rotatable bonds is 10. The zero-order valence-corrected chi connectivity index (χ0v) is 48.2. The average Bonchev–Trinajstić information content (AvgIpc) is 3.48. The van der Waals surface area contributed by atoms with Crippen LogP contribution in [0.4, 0.5) is 0 Å². The minimum absolute atomic E-state index is 0.0220. The third kappa shape index (κ3) is 6.84. The van der Waals surface area contributed by atoms with Gasteiger partial charge < -0.3 is 0 Å². The molecule has 0 atom stereocenters. The summed E-state index contributed by atoms with van der Waals surface area (Å²) in [7, 11) is 44.1. The van der Waals surface area contributed by atoms with E-state index in [1.165, 1.54) is 120 Å². The predicted octanol–water partition coefficient (Wildman–Crippen LogP) is -2.56. The molecule has 10 aromatic carbocycles. The van der Waals surface area contributed by atoms with Gasteiger partial charge in [-0.15, -0.1) is 30.7 Å². The normalized spacial score (nSPS) is 15.0. The Labute approximate surface area is 452 Å². The van der Waals surface area contributed by atoms with Crippen molar-refractivity contribution < 1.29 is 0 Å². The van der Waals surface area contributed by atoms with Gasteiger partial charge in [0.15, 0.2) is 0 Å². The van der Waals surface area contributed by atoms with Crippen molar-refractivity contribution in [3.05, 3.63) is 156 Å². The van der Waals surface area contributed by atoms with E-state index in [0.29, 0.717) is 0 Å². The zero-order chi connectivity index (χ0) is 52.8. The molecular formula is C55H64B18. The van der Waals surface area contributed by atoms with Crippen molar-refractivity contribution in [1.82, 2.24) is 0 Å². The lowest BCUT2D eigenvalue weighted by Crippen LogP contribution is -2.60. The fourth-order valence-corrected chi connectivity index (χ4v) is 19.0. The predicted molar refractivity (Wildman–Crippen MR) is 376 cm³/mol. The van der Waals surface area contributed by atoms with Gasteiger partial charge in [0.2, 0.25) is 0 Å². The van der Waals surface area contributed by atoms with Gasteiger partial charge in [-0.05, 0) is 132 Å². The van der Waals surface area contributed by atoms with E-state index in [0.717, 1.165) is 0 Å². The topological polar surface area (TPSA) is 0 Å². The van der Waals surface area contributed by atoms with E-state index >= 15 is 0 Å². The lowest BCUT2D eigenvalue weighted by molar-refractivity contribution is 0.429. The maximum atomic E-state index is 2.55. The van der Waals surface area contributed by atoms with Crippen LogP contribution in [0.3, 0.4) is 0 Å². The molecule has 0 saturated heterocycles. The molecular weight excluding hydrogens is 855 g/mol. The standard InChI is InChI=1S/C55H64B18/c1-47(2)41-23-27(35-13-7-25-3-5-29-19-33(21-31-11-17-39(35)45(25)43(29)31)48(50(56,57)58,51(59,60)61)52(62,63)64)9-15-37(41)38-16-10-28(24-42(38)47)36-14-8-26-4-6-30-20-34(22-32-12-18-40(36)46(26)44(30)32)49(53(65,66)67,54(68,69)70)55(71,72)73/h3-24H,56-73H2,1-2H3. The fraction of sp³-hybridized carbons (Fsp3) is 0.200. The van der Waals surface area contributed by atoms with Gasteiger partial charge in [-0.3, -0.25) is 0 Å². The van der Waals surface area contributed by atoms with Crippen LogP contribution in [-0.2, 0) is 16.2 Å². The van der Waals surface area contributed by atoms with Gasteiger partial charge in [-0.2, -0.15) is 0 Å². The lowest BCUT2D eigenvalue weighted by atomic mass is 9.08. The van der Waals surface area contributed by atoms with Crippen LogP contribution in [0.25, 0.3) is 98.0 Å². The lowest BCUT2D eigenvalue weighted by Gasteiger charge is -2.64. The number of hydrogen-bond acceptors (Lipinski definition) is 0. The van der Waals surface area contributed by atoms with Gasteiger partial charge in [-0.1, -0.05) is 146 Å². The molecule has 11 rings (SSSR count). The second-order valence-electron chi connectivity index (χ2n) is 29.5. The van der Waals surface area contributed by atoms with Gasteiger partial charge in [-0.25, -0.2) is 0 Å². The van der Waals surface area contributed by atoms with E-state index in [2.05, 4.69) is 289 Å². The molecule has 0 spiro atoms. The monoisotopic (exact) mass is 923 g/mol. The Hall–Kier alpha value is -4.55. The van der Waals surface area contributed by atoms with Gasteiger partial charge in [0.25, 0.3) is 0 Å². The minimum atomic E-state index is -0.184. The van der Waals surface area contributed by atoms with Crippen LogP contribution >= 0.6 is 0 Å². The van der Waals surface area contributed by atoms with Crippen LogP contribution in [0.5, 0.6) is 0 Å². The molecule has 0 nitrogen and oxygen atoms in total. The largest absolute Gasteiger partial charge is 0.104 e. The molecule has 0 aromatic heterocycles. The Morgan fingerprint density at radius 1 is 0.274 bits per heavy atom. The summed E-state index contributed by atoms with van der Waals surface area (Å²) in [4.78, 5) is 0. The molecule has 0 amide bonds. The second kappa shape index (κ2) is 15.8. The van der Waals surface area contributed by atoms with Gasteiger partial charge in [0.05, 0.1) is 141 Å². The third-order valence-corrected chi connectivity index (χ3v) is 19.1. The number of fused-ring (bicyclic) bond motifs is 3. The molecule has 0 saturated carbocycles. The zero-order valence-electron chi connectivity index (χ0n) is 48.2. The van der Waals surface area contributed by atoms with Crippen molar-refractivity contribution in [2.75, 3.05) is 0 Å². The molecule has 73 heavy (non-hydrogen) atoms. The highest BCUT2D eigenvalue weighted by Crippen LogP contribution is 2.65. The Kier molecular flexibility index (Phi) is 10.9. The Bertz CT molecular complexity index is 3550. The summed E-state index contributed by atoms with van der Waals surface area (Å²) in [5, 5.41) is 16.3. The van der Waals surface area contributed by atoms with Crippen LogP contribution in [0.2, 0.25) is 30.7 Å². The Balaban J connectivity index is 1.00. The maximum Gasteiger partial charge on any atom is 0.0916 e. The summed E-state index contributed by atoms with van der Waals surface area (Å²) < 4.78 is 0. The molecule has 1 aliphatic rings. The first-order valence-corrected chi connectivity index (χ1v) is 27.5. The molecule has 0 fully saturated rings. The molecule has 0 aliphatic heterocycles. The molecule has 1 aliphatic carbocycles. The highest BCUT2D eigenvalue weighted by atomic mass is 14.5. The summed E-state index contributed by atoms with van der Waals surface area (Å²) in [6.07, 6.45) is 0. The SMILES string of the molecule is BC(B)(B)C(c1cc2ccc3ccc(-c4ccc5c(c4)C(C)(C)c4cc(-c6ccc7ccc8cc(C(C(B)(B)B)(C(B)(B)B)C(B)(B)B)cc9ccc6c7c89)ccc4-5)c4ccc(c1)c2c34)(C(B)(B)B)C(B)(B)B. The highest BCUT2D eigenvalue weighted by Gasteiger charge is 2.58. The number of hydrogen-bond donors (Lipinski definition) is 0. The summed E-state index contributed by atoms with van der Waals surface area (Å²) in [5.74, 6) is 0. The molecule has 18 heteroatoms. The van der Waals surface area contributed by atoms with Crippen molar-refractivity contribution in [3.63, 3.8) is 0 Å².